The molecule has 1 N–H and O–H groups in total. The van der Waals surface area contributed by atoms with Crippen LogP contribution in [0.3, 0.4) is 0 Å². The average Bonchev–Trinajstić information content (AvgIpc) is 2.55. The minimum atomic E-state index is -3.96. The molecule has 1 atom stereocenters. The lowest BCUT2D eigenvalue weighted by molar-refractivity contribution is 0.181. The van der Waals surface area contributed by atoms with Gasteiger partial charge in [0.1, 0.15) is 4.90 Å². The lowest BCUT2D eigenvalue weighted by atomic mass is 10.1. The topological polar surface area (TPSA) is 72.8 Å². The first kappa shape index (κ1) is 18.0. The number of rotatable bonds is 7. The number of aryl methyl sites for hydroxylation is 1. The normalized spacial score (nSPS) is 12.5. The predicted octanol–water partition coefficient (Wildman–Crippen LogP) is 3.38. The standard InChI is InChI=1S/C18H20O5S/c1-4-5-16(19)14-8-11-17(18(12-14)22-3)23-24(20,21)15-9-6-13(2)7-10-15/h4,6-12,16,19H,1,5H2,2-3H3/t16-/m1/s1. The van der Waals surface area contributed by atoms with Crippen LogP contribution in [-0.4, -0.2) is 20.6 Å². The molecule has 0 unspecified atom stereocenters. The molecule has 0 bridgehead atoms. The lowest BCUT2D eigenvalue weighted by Crippen LogP contribution is -2.10. The van der Waals surface area contributed by atoms with Gasteiger partial charge in [-0.05, 0) is 43.2 Å². The monoisotopic (exact) mass is 348 g/mol. The van der Waals surface area contributed by atoms with E-state index < -0.39 is 16.2 Å². The average molecular weight is 348 g/mol. The van der Waals surface area contributed by atoms with E-state index in [-0.39, 0.29) is 16.4 Å². The van der Waals surface area contributed by atoms with Crippen LogP contribution >= 0.6 is 0 Å². The van der Waals surface area contributed by atoms with Gasteiger partial charge in [0.2, 0.25) is 0 Å². The SMILES string of the molecule is C=CC[C@@H](O)c1ccc(OS(=O)(=O)c2ccc(C)cc2)c(OC)c1. The Morgan fingerprint density at radius 2 is 1.83 bits per heavy atom. The Kier molecular flexibility index (Phi) is 5.64. The molecule has 2 aromatic carbocycles. The van der Waals surface area contributed by atoms with Crippen molar-refractivity contribution < 1.29 is 22.4 Å². The molecule has 0 aliphatic rings. The van der Waals surface area contributed by atoms with E-state index in [4.69, 9.17) is 8.92 Å². The maximum atomic E-state index is 12.4. The van der Waals surface area contributed by atoms with E-state index in [1.807, 2.05) is 6.92 Å². The molecule has 24 heavy (non-hydrogen) atoms. The number of hydrogen-bond donors (Lipinski definition) is 1. The van der Waals surface area contributed by atoms with Crippen LogP contribution in [0.4, 0.5) is 0 Å². The highest BCUT2D eigenvalue weighted by molar-refractivity contribution is 7.87. The van der Waals surface area contributed by atoms with Crippen molar-refractivity contribution in [1.82, 2.24) is 0 Å². The predicted molar refractivity (Wildman–Crippen MR) is 91.8 cm³/mol. The second-order valence-electron chi connectivity index (χ2n) is 5.30. The Labute approximate surface area is 142 Å². The van der Waals surface area contributed by atoms with Gasteiger partial charge >= 0.3 is 10.1 Å². The fourth-order valence-corrected chi connectivity index (χ4v) is 3.07. The first-order valence-corrected chi connectivity index (χ1v) is 8.76. The van der Waals surface area contributed by atoms with Crippen molar-refractivity contribution in [2.24, 2.45) is 0 Å². The molecule has 0 saturated heterocycles. The lowest BCUT2D eigenvalue weighted by Gasteiger charge is -2.14. The second-order valence-corrected chi connectivity index (χ2v) is 6.85. The Hall–Kier alpha value is -2.31. The number of ether oxygens (including phenoxy) is 1. The van der Waals surface area contributed by atoms with E-state index >= 15 is 0 Å². The Bertz CT molecular complexity index is 810. The minimum Gasteiger partial charge on any atom is -0.493 e. The molecular formula is C18H20O5S. The Morgan fingerprint density at radius 1 is 1.17 bits per heavy atom. The first-order valence-electron chi connectivity index (χ1n) is 7.35. The molecule has 0 radical (unpaired) electrons. The van der Waals surface area contributed by atoms with E-state index in [9.17, 15) is 13.5 Å². The summed E-state index contributed by atoms with van der Waals surface area (Å²) < 4.78 is 35.1. The van der Waals surface area contributed by atoms with Gasteiger partial charge in [0, 0.05) is 0 Å². The minimum absolute atomic E-state index is 0.0610. The van der Waals surface area contributed by atoms with Gasteiger partial charge in [-0.3, -0.25) is 0 Å². The van der Waals surface area contributed by atoms with Gasteiger partial charge in [0.25, 0.3) is 0 Å². The zero-order chi connectivity index (χ0) is 17.7. The summed E-state index contributed by atoms with van der Waals surface area (Å²) in [6, 6.07) is 11.0. The molecular weight excluding hydrogens is 328 g/mol. The maximum Gasteiger partial charge on any atom is 0.339 e. The van der Waals surface area contributed by atoms with Crippen LogP contribution in [0.15, 0.2) is 60.0 Å². The maximum absolute atomic E-state index is 12.4. The van der Waals surface area contributed by atoms with Crippen molar-refractivity contribution in [2.45, 2.75) is 24.3 Å². The summed E-state index contributed by atoms with van der Waals surface area (Å²) in [5.41, 5.74) is 1.54. The summed E-state index contributed by atoms with van der Waals surface area (Å²) in [5, 5.41) is 9.98. The molecule has 0 fully saturated rings. The van der Waals surface area contributed by atoms with Crippen molar-refractivity contribution in [3.05, 3.63) is 66.2 Å². The van der Waals surface area contributed by atoms with E-state index in [0.29, 0.717) is 12.0 Å². The third-order valence-corrected chi connectivity index (χ3v) is 4.72. The van der Waals surface area contributed by atoms with E-state index in [2.05, 4.69) is 6.58 Å². The molecule has 6 heteroatoms. The highest BCUT2D eigenvalue weighted by Crippen LogP contribution is 2.33. The van der Waals surface area contributed by atoms with Gasteiger partial charge in [-0.25, -0.2) is 0 Å². The molecule has 0 saturated carbocycles. The fourth-order valence-electron chi connectivity index (χ4n) is 2.13. The van der Waals surface area contributed by atoms with Crippen LogP contribution < -0.4 is 8.92 Å². The third-order valence-electron chi connectivity index (χ3n) is 3.47. The number of benzene rings is 2. The van der Waals surface area contributed by atoms with Crippen molar-refractivity contribution in [2.75, 3.05) is 7.11 Å². The highest BCUT2D eigenvalue weighted by Gasteiger charge is 2.20. The molecule has 0 amide bonds. The van der Waals surface area contributed by atoms with Gasteiger partial charge in [-0.1, -0.05) is 29.8 Å². The largest absolute Gasteiger partial charge is 0.493 e. The zero-order valence-corrected chi connectivity index (χ0v) is 14.4. The number of hydrogen-bond acceptors (Lipinski definition) is 5. The summed E-state index contributed by atoms with van der Waals surface area (Å²) in [4.78, 5) is 0.0610. The second kappa shape index (κ2) is 7.51. The number of aliphatic hydroxyl groups is 1. The number of methoxy groups -OCH3 is 1. The molecule has 0 aromatic heterocycles. The van der Waals surface area contributed by atoms with Gasteiger partial charge < -0.3 is 14.0 Å². The molecule has 0 aliphatic carbocycles. The summed E-state index contributed by atoms with van der Waals surface area (Å²) in [7, 11) is -2.56. The van der Waals surface area contributed by atoms with Crippen LogP contribution in [0.1, 0.15) is 23.7 Å². The van der Waals surface area contributed by atoms with Crippen LogP contribution in [0, 0.1) is 6.92 Å². The Morgan fingerprint density at radius 3 is 2.42 bits per heavy atom. The van der Waals surface area contributed by atoms with E-state index in [0.717, 1.165) is 5.56 Å². The van der Waals surface area contributed by atoms with Crippen LogP contribution in [0.5, 0.6) is 11.5 Å². The van der Waals surface area contributed by atoms with Crippen LogP contribution in [-0.2, 0) is 10.1 Å². The van der Waals surface area contributed by atoms with Crippen molar-refractivity contribution in [1.29, 1.82) is 0 Å². The quantitative estimate of drug-likeness (QED) is 0.613. The molecule has 128 valence electrons. The summed E-state index contributed by atoms with van der Waals surface area (Å²) in [5.74, 6) is 0.291. The molecule has 2 aromatic rings. The van der Waals surface area contributed by atoms with E-state index in [1.165, 1.54) is 25.3 Å². The molecule has 0 aliphatic heterocycles. The fraction of sp³-hybridized carbons (Fsp3) is 0.222. The van der Waals surface area contributed by atoms with Crippen molar-refractivity contribution >= 4 is 10.1 Å². The summed E-state index contributed by atoms with van der Waals surface area (Å²) in [6.07, 6.45) is 1.24. The van der Waals surface area contributed by atoms with Crippen LogP contribution in [0.2, 0.25) is 0 Å². The van der Waals surface area contributed by atoms with Crippen molar-refractivity contribution in [3.8, 4) is 11.5 Å². The summed E-state index contributed by atoms with van der Waals surface area (Å²) >= 11 is 0. The molecule has 0 spiro atoms. The van der Waals surface area contributed by atoms with Gasteiger partial charge in [-0.15, -0.1) is 6.58 Å². The zero-order valence-electron chi connectivity index (χ0n) is 13.6. The molecule has 0 heterocycles. The summed E-state index contributed by atoms with van der Waals surface area (Å²) in [6.45, 7) is 5.45. The smallest absolute Gasteiger partial charge is 0.339 e. The van der Waals surface area contributed by atoms with Crippen molar-refractivity contribution in [3.63, 3.8) is 0 Å². The number of aliphatic hydroxyl groups excluding tert-OH is 1. The van der Waals surface area contributed by atoms with Crippen LogP contribution in [0.25, 0.3) is 0 Å². The highest BCUT2D eigenvalue weighted by atomic mass is 32.2. The third kappa shape index (κ3) is 4.15. The first-order chi connectivity index (χ1) is 11.4. The molecule has 2 rings (SSSR count). The van der Waals surface area contributed by atoms with Gasteiger partial charge in [-0.2, -0.15) is 8.42 Å². The van der Waals surface area contributed by atoms with Gasteiger partial charge in [0.05, 0.1) is 13.2 Å². The van der Waals surface area contributed by atoms with E-state index in [1.54, 1.807) is 30.3 Å². The molecule has 5 nitrogen and oxygen atoms in total. The Balaban J connectivity index is 2.31. The van der Waals surface area contributed by atoms with Gasteiger partial charge in [0.15, 0.2) is 11.5 Å².